The van der Waals surface area contributed by atoms with Crippen LogP contribution in [-0.4, -0.2) is 18.5 Å². The van der Waals surface area contributed by atoms with Gasteiger partial charge in [-0.15, -0.1) is 11.3 Å². The number of carbonyl (C=O) groups is 2. The number of fused-ring (bicyclic) bond motifs is 1. The molecular formula is C18H16N2O3S. The maximum atomic E-state index is 12.4. The van der Waals surface area contributed by atoms with Crippen LogP contribution < -0.4 is 5.32 Å². The first kappa shape index (κ1) is 16.2. The Labute approximate surface area is 143 Å². The number of nitrogens with one attached hydrogen (secondary N) is 1. The van der Waals surface area contributed by atoms with Gasteiger partial charge in [-0.25, -0.2) is 4.79 Å². The molecule has 1 N–H and O–H groups in total. The Morgan fingerprint density at radius 2 is 2.04 bits per heavy atom. The Kier molecular flexibility index (Phi) is 4.63. The molecule has 1 aliphatic carbocycles. The van der Waals surface area contributed by atoms with Gasteiger partial charge in [0.2, 0.25) is 0 Å². The first-order valence-corrected chi connectivity index (χ1v) is 8.58. The predicted octanol–water partition coefficient (Wildman–Crippen LogP) is 3.54. The van der Waals surface area contributed by atoms with Crippen molar-refractivity contribution in [2.45, 2.75) is 26.2 Å². The molecule has 0 atom stereocenters. The average molecular weight is 340 g/mol. The minimum atomic E-state index is -0.382. The number of thiophene rings is 1. The van der Waals surface area contributed by atoms with Gasteiger partial charge >= 0.3 is 5.97 Å². The quantitative estimate of drug-likeness (QED) is 0.864. The van der Waals surface area contributed by atoms with E-state index in [0.29, 0.717) is 28.3 Å². The minimum Gasteiger partial charge on any atom is -0.462 e. The molecule has 24 heavy (non-hydrogen) atoms. The molecule has 0 unspecified atom stereocenters. The van der Waals surface area contributed by atoms with Crippen LogP contribution in [0.5, 0.6) is 0 Å². The maximum absolute atomic E-state index is 12.4. The zero-order valence-corrected chi connectivity index (χ0v) is 14.0. The summed E-state index contributed by atoms with van der Waals surface area (Å²) in [6, 6.07) is 8.39. The molecule has 0 radical (unpaired) electrons. The van der Waals surface area contributed by atoms with E-state index >= 15 is 0 Å². The summed E-state index contributed by atoms with van der Waals surface area (Å²) in [4.78, 5) is 25.9. The van der Waals surface area contributed by atoms with Crippen molar-refractivity contribution in [2.24, 2.45) is 0 Å². The number of amides is 1. The molecule has 1 heterocycles. The van der Waals surface area contributed by atoms with Crippen LogP contribution in [-0.2, 0) is 17.6 Å². The molecule has 122 valence electrons. The highest BCUT2D eigenvalue weighted by molar-refractivity contribution is 7.17. The monoisotopic (exact) mass is 340 g/mol. The highest BCUT2D eigenvalue weighted by atomic mass is 32.1. The summed E-state index contributed by atoms with van der Waals surface area (Å²) in [5.41, 5.74) is 2.44. The summed E-state index contributed by atoms with van der Waals surface area (Å²) in [5, 5.41) is 12.2. The lowest BCUT2D eigenvalue weighted by atomic mass is 10.1. The summed E-state index contributed by atoms with van der Waals surface area (Å²) in [6.07, 6.45) is 2.79. The van der Waals surface area contributed by atoms with E-state index in [1.807, 2.05) is 6.07 Å². The molecule has 0 bridgehead atoms. The molecule has 5 nitrogen and oxygen atoms in total. The number of anilines is 1. The van der Waals surface area contributed by atoms with Crippen molar-refractivity contribution in [2.75, 3.05) is 11.9 Å². The smallest absolute Gasteiger partial charge is 0.341 e. The van der Waals surface area contributed by atoms with E-state index in [2.05, 4.69) is 5.32 Å². The number of esters is 1. The van der Waals surface area contributed by atoms with Gasteiger partial charge in [-0.3, -0.25) is 4.79 Å². The van der Waals surface area contributed by atoms with Crippen molar-refractivity contribution >= 4 is 28.2 Å². The zero-order chi connectivity index (χ0) is 17.1. The van der Waals surface area contributed by atoms with Crippen LogP contribution >= 0.6 is 11.3 Å². The number of ether oxygens (including phenoxy) is 1. The van der Waals surface area contributed by atoms with Crippen molar-refractivity contribution in [1.29, 1.82) is 5.26 Å². The van der Waals surface area contributed by atoms with Crippen molar-refractivity contribution in [3.8, 4) is 6.07 Å². The number of hydrogen-bond acceptors (Lipinski definition) is 5. The topological polar surface area (TPSA) is 79.2 Å². The lowest BCUT2D eigenvalue weighted by molar-refractivity contribution is 0.0527. The molecule has 0 saturated carbocycles. The minimum absolute atomic E-state index is 0.298. The lowest BCUT2D eigenvalue weighted by Crippen LogP contribution is -2.15. The van der Waals surface area contributed by atoms with Crippen LogP contribution in [0.25, 0.3) is 0 Å². The molecule has 0 aliphatic heterocycles. The van der Waals surface area contributed by atoms with E-state index in [4.69, 9.17) is 10.00 Å². The third-order valence-corrected chi connectivity index (χ3v) is 5.11. The van der Waals surface area contributed by atoms with E-state index in [1.165, 1.54) is 11.3 Å². The zero-order valence-electron chi connectivity index (χ0n) is 13.2. The highest BCUT2D eigenvalue weighted by Gasteiger charge is 2.28. The van der Waals surface area contributed by atoms with Crippen LogP contribution in [0, 0.1) is 11.3 Å². The van der Waals surface area contributed by atoms with Gasteiger partial charge in [0.1, 0.15) is 5.00 Å². The van der Waals surface area contributed by atoms with Crippen LogP contribution in [0.1, 0.15) is 50.1 Å². The number of rotatable bonds is 4. The molecule has 1 aliphatic rings. The number of nitrogens with zero attached hydrogens (tertiary/aromatic N) is 1. The van der Waals surface area contributed by atoms with E-state index < -0.39 is 0 Å². The molecule has 3 rings (SSSR count). The second-order valence-electron chi connectivity index (χ2n) is 5.43. The van der Waals surface area contributed by atoms with E-state index in [1.54, 1.807) is 31.2 Å². The fourth-order valence-electron chi connectivity index (χ4n) is 2.78. The third-order valence-electron chi connectivity index (χ3n) is 3.90. The Morgan fingerprint density at radius 3 is 2.71 bits per heavy atom. The summed E-state index contributed by atoms with van der Waals surface area (Å²) >= 11 is 1.45. The fourth-order valence-corrected chi connectivity index (χ4v) is 4.06. The summed E-state index contributed by atoms with van der Waals surface area (Å²) in [7, 11) is 0. The fraction of sp³-hybridized carbons (Fsp3) is 0.278. The van der Waals surface area contributed by atoms with Crippen LogP contribution in [0.4, 0.5) is 5.00 Å². The van der Waals surface area contributed by atoms with Gasteiger partial charge in [0.15, 0.2) is 0 Å². The van der Waals surface area contributed by atoms with Crippen molar-refractivity contribution < 1.29 is 14.3 Å². The molecular weight excluding hydrogens is 324 g/mol. The Hall–Kier alpha value is -2.65. The molecule has 2 aromatic rings. The van der Waals surface area contributed by atoms with Crippen LogP contribution in [0.2, 0.25) is 0 Å². The predicted molar refractivity (Wildman–Crippen MR) is 91.4 cm³/mol. The van der Waals surface area contributed by atoms with Crippen LogP contribution in [0.15, 0.2) is 24.3 Å². The van der Waals surface area contributed by atoms with Gasteiger partial charge in [0.05, 0.1) is 23.8 Å². The number of carbonyl (C=O) groups excluding carboxylic acids is 2. The number of benzene rings is 1. The van der Waals surface area contributed by atoms with E-state index in [0.717, 1.165) is 29.7 Å². The molecule has 6 heteroatoms. The van der Waals surface area contributed by atoms with Crippen molar-refractivity contribution in [3.05, 3.63) is 51.4 Å². The van der Waals surface area contributed by atoms with Crippen molar-refractivity contribution in [1.82, 2.24) is 0 Å². The summed E-state index contributed by atoms with van der Waals surface area (Å²) in [6.45, 7) is 2.06. The van der Waals surface area contributed by atoms with Gasteiger partial charge < -0.3 is 10.1 Å². The number of aryl methyl sites for hydroxylation is 1. The van der Waals surface area contributed by atoms with Gasteiger partial charge in [-0.05, 0) is 56.0 Å². The van der Waals surface area contributed by atoms with Gasteiger partial charge in [-0.1, -0.05) is 0 Å². The summed E-state index contributed by atoms with van der Waals surface area (Å²) in [5.74, 6) is -0.683. The van der Waals surface area contributed by atoms with Gasteiger partial charge in [0, 0.05) is 10.4 Å². The molecule has 0 saturated heterocycles. The largest absolute Gasteiger partial charge is 0.462 e. The van der Waals surface area contributed by atoms with Crippen LogP contribution in [0.3, 0.4) is 0 Å². The number of hydrogen-bond donors (Lipinski definition) is 1. The average Bonchev–Trinajstić information content (AvgIpc) is 3.15. The highest BCUT2D eigenvalue weighted by Crippen LogP contribution is 2.39. The Balaban J connectivity index is 1.88. The Morgan fingerprint density at radius 1 is 1.29 bits per heavy atom. The molecule has 0 spiro atoms. The van der Waals surface area contributed by atoms with E-state index in [-0.39, 0.29) is 11.9 Å². The van der Waals surface area contributed by atoms with E-state index in [9.17, 15) is 9.59 Å². The van der Waals surface area contributed by atoms with Gasteiger partial charge in [-0.2, -0.15) is 5.26 Å². The molecule has 0 fully saturated rings. The second kappa shape index (κ2) is 6.85. The summed E-state index contributed by atoms with van der Waals surface area (Å²) < 4.78 is 5.15. The SMILES string of the molecule is CCOC(=O)c1c(NC(=O)c2ccc(C#N)cc2)sc2c1CCC2. The van der Waals surface area contributed by atoms with Crippen molar-refractivity contribution in [3.63, 3.8) is 0 Å². The molecule has 1 aromatic carbocycles. The Bertz CT molecular complexity index is 831. The molecule has 1 aromatic heterocycles. The first-order valence-electron chi connectivity index (χ1n) is 7.77. The third kappa shape index (κ3) is 3.03. The standard InChI is InChI=1S/C18H16N2O3S/c1-2-23-18(22)15-13-4-3-5-14(13)24-17(15)20-16(21)12-8-6-11(10-19)7-9-12/h6-9H,2-5H2,1H3,(H,20,21). The number of nitriles is 1. The molecule has 1 amide bonds. The first-order chi connectivity index (χ1) is 11.6. The van der Waals surface area contributed by atoms with Gasteiger partial charge in [0.25, 0.3) is 5.91 Å². The maximum Gasteiger partial charge on any atom is 0.341 e. The second-order valence-corrected chi connectivity index (χ2v) is 6.53. The normalized spacial score (nSPS) is 12.3. The lowest BCUT2D eigenvalue weighted by Gasteiger charge is -2.08.